The molecule has 0 saturated heterocycles. The molecule has 2 heterocycles. The highest BCUT2D eigenvalue weighted by Gasteiger charge is 2.21. The van der Waals surface area contributed by atoms with Crippen molar-refractivity contribution in [2.24, 2.45) is 0 Å². The molecule has 4 nitrogen and oxygen atoms in total. The van der Waals surface area contributed by atoms with E-state index in [0.29, 0.717) is 13.5 Å². The van der Waals surface area contributed by atoms with Crippen LogP contribution in [0.1, 0.15) is 22.3 Å². The van der Waals surface area contributed by atoms with Crippen LogP contribution in [0.25, 0.3) is 11.1 Å². The second kappa shape index (κ2) is 9.10. The normalized spacial score (nSPS) is 13.9. The Morgan fingerprint density at radius 2 is 1.06 bits per heavy atom. The Morgan fingerprint density at radius 1 is 0.583 bits per heavy atom. The maximum atomic E-state index is 6.06. The average Bonchev–Trinajstić information content (AvgIpc) is 2.96. The Hall–Kier alpha value is -4.80. The topological polar surface area (TPSA) is 24.9 Å². The summed E-state index contributed by atoms with van der Waals surface area (Å²) in [5, 5.41) is 0. The third-order valence-corrected chi connectivity index (χ3v) is 6.68. The molecule has 0 atom stereocenters. The summed E-state index contributed by atoms with van der Waals surface area (Å²) in [4.78, 5) is 4.38. The van der Waals surface area contributed by atoms with Crippen LogP contribution >= 0.6 is 0 Å². The molecular weight excluding hydrogens is 444 g/mol. The van der Waals surface area contributed by atoms with Gasteiger partial charge in [-0.2, -0.15) is 0 Å². The van der Waals surface area contributed by atoms with E-state index in [1.54, 1.807) is 0 Å². The van der Waals surface area contributed by atoms with Crippen LogP contribution in [0.2, 0.25) is 0 Å². The van der Waals surface area contributed by atoms with Gasteiger partial charge in [-0.1, -0.05) is 36.1 Å². The predicted molar refractivity (Wildman–Crippen MR) is 144 cm³/mol. The van der Waals surface area contributed by atoms with E-state index in [9.17, 15) is 0 Å². The molecule has 2 aliphatic heterocycles. The van der Waals surface area contributed by atoms with E-state index in [0.717, 1.165) is 69.3 Å². The van der Waals surface area contributed by atoms with Gasteiger partial charge in [-0.3, -0.25) is 0 Å². The maximum Gasteiger partial charge on any atom is 0.161 e. The first-order valence-electron chi connectivity index (χ1n) is 11.9. The number of ether oxygens (including phenoxy) is 2. The molecular formula is C32H24N2O2. The van der Waals surface area contributed by atoms with E-state index in [2.05, 4.69) is 70.2 Å². The summed E-state index contributed by atoms with van der Waals surface area (Å²) in [6, 6.07) is 28.8. The lowest BCUT2D eigenvalue weighted by molar-refractivity contribution is 0.289. The van der Waals surface area contributed by atoms with E-state index in [1.807, 2.05) is 36.4 Å². The van der Waals surface area contributed by atoms with Crippen LogP contribution in [0.5, 0.6) is 11.5 Å². The smallest absolute Gasteiger partial charge is 0.161 e. The molecule has 0 spiro atoms. The van der Waals surface area contributed by atoms with Gasteiger partial charge in [0, 0.05) is 46.7 Å². The van der Waals surface area contributed by atoms with Crippen LogP contribution in [0.3, 0.4) is 0 Å². The van der Waals surface area contributed by atoms with Gasteiger partial charge >= 0.3 is 0 Å². The zero-order valence-corrected chi connectivity index (χ0v) is 19.8. The van der Waals surface area contributed by atoms with Crippen molar-refractivity contribution in [3.8, 4) is 47.3 Å². The van der Waals surface area contributed by atoms with E-state index in [4.69, 9.17) is 22.3 Å². The molecule has 0 aromatic heterocycles. The minimum atomic E-state index is 0.493. The standard InChI is InChI=1S/C32H24N2O2/c1-3-23-7-5-9-29(15-23)33-19-27-17-25(11-13-31(27)35-21-33)26-12-14-32-28(18-26)20-34(22-36-32)30-10-6-8-24(4-2)16-30/h1-2,5-18H,19-22H2. The number of hydrogen-bond acceptors (Lipinski definition) is 4. The average molecular weight is 469 g/mol. The van der Waals surface area contributed by atoms with Crippen molar-refractivity contribution >= 4 is 11.4 Å². The fourth-order valence-electron chi connectivity index (χ4n) is 4.76. The van der Waals surface area contributed by atoms with Crippen molar-refractivity contribution in [3.05, 3.63) is 107 Å². The fraction of sp³-hybridized carbons (Fsp3) is 0.125. The van der Waals surface area contributed by atoms with Crippen molar-refractivity contribution in [1.29, 1.82) is 0 Å². The first-order valence-corrected chi connectivity index (χ1v) is 11.9. The number of terminal acetylenes is 2. The number of benzene rings is 4. The van der Waals surface area contributed by atoms with Gasteiger partial charge in [0.1, 0.15) is 11.5 Å². The van der Waals surface area contributed by atoms with Gasteiger partial charge in [0.05, 0.1) is 0 Å². The molecule has 4 aromatic rings. The lowest BCUT2D eigenvalue weighted by atomic mass is 9.98. The monoisotopic (exact) mass is 468 g/mol. The molecule has 0 fully saturated rings. The van der Waals surface area contributed by atoms with Crippen LogP contribution in [0, 0.1) is 24.7 Å². The summed E-state index contributed by atoms with van der Waals surface area (Å²) >= 11 is 0. The zero-order chi connectivity index (χ0) is 24.5. The summed E-state index contributed by atoms with van der Waals surface area (Å²) in [5.74, 6) is 7.26. The molecule has 0 aliphatic carbocycles. The Balaban J connectivity index is 1.26. The molecule has 4 heteroatoms. The molecule has 0 radical (unpaired) electrons. The van der Waals surface area contributed by atoms with Crippen molar-refractivity contribution < 1.29 is 9.47 Å². The second-order valence-corrected chi connectivity index (χ2v) is 8.98. The quantitative estimate of drug-likeness (QED) is 0.343. The van der Waals surface area contributed by atoms with Gasteiger partial charge in [-0.15, -0.1) is 12.8 Å². The molecule has 36 heavy (non-hydrogen) atoms. The van der Waals surface area contributed by atoms with E-state index in [-0.39, 0.29) is 0 Å². The minimum Gasteiger partial charge on any atom is -0.473 e. The summed E-state index contributed by atoms with van der Waals surface area (Å²) in [6.45, 7) is 2.50. The first kappa shape index (κ1) is 21.7. The Morgan fingerprint density at radius 3 is 1.50 bits per heavy atom. The van der Waals surface area contributed by atoms with Gasteiger partial charge in [0.2, 0.25) is 0 Å². The van der Waals surface area contributed by atoms with Crippen molar-refractivity contribution in [2.45, 2.75) is 13.1 Å². The van der Waals surface area contributed by atoms with Crippen LogP contribution in [0.15, 0.2) is 84.9 Å². The van der Waals surface area contributed by atoms with Crippen LogP contribution < -0.4 is 19.3 Å². The SMILES string of the molecule is C#Cc1cccc(N2COc3ccc(-c4ccc5c(c4)CN(c4cccc(C#C)c4)CO5)cc3C2)c1. The number of hydrogen-bond donors (Lipinski definition) is 0. The molecule has 4 aromatic carbocycles. The van der Waals surface area contributed by atoms with Gasteiger partial charge in [0.25, 0.3) is 0 Å². The molecule has 0 unspecified atom stereocenters. The molecule has 0 N–H and O–H groups in total. The summed E-state index contributed by atoms with van der Waals surface area (Å²) in [7, 11) is 0. The Labute approximate surface area is 211 Å². The van der Waals surface area contributed by atoms with Crippen LogP contribution in [0.4, 0.5) is 11.4 Å². The number of anilines is 2. The minimum absolute atomic E-state index is 0.493. The summed E-state index contributed by atoms with van der Waals surface area (Å²) in [5.41, 5.74) is 8.42. The predicted octanol–water partition coefficient (Wildman–Crippen LogP) is 6.03. The van der Waals surface area contributed by atoms with Gasteiger partial charge in [-0.05, 0) is 71.8 Å². The Bertz CT molecular complexity index is 1430. The highest BCUT2D eigenvalue weighted by molar-refractivity contribution is 5.69. The molecule has 2 aliphatic rings. The molecule has 6 rings (SSSR count). The lowest BCUT2D eigenvalue weighted by Crippen LogP contribution is -2.32. The largest absolute Gasteiger partial charge is 0.473 e. The van der Waals surface area contributed by atoms with Gasteiger partial charge < -0.3 is 19.3 Å². The fourth-order valence-corrected chi connectivity index (χ4v) is 4.76. The molecule has 0 bridgehead atoms. The number of rotatable bonds is 3. The maximum absolute atomic E-state index is 6.06. The summed E-state index contributed by atoms with van der Waals surface area (Å²) < 4.78 is 12.1. The van der Waals surface area contributed by atoms with Gasteiger partial charge in [0.15, 0.2) is 13.5 Å². The third-order valence-electron chi connectivity index (χ3n) is 6.68. The highest BCUT2D eigenvalue weighted by atomic mass is 16.5. The van der Waals surface area contributed by atoms with Gasteiger partial charge in [-0.25, -0.2) is 0 Å². The van der Waals surface area contributed by atoms with Crippen LogP contribution in [-0.4, -0.2) is 13.5 Å². The second-order valence-electron chi connectivity index (χ2n) is 8.98. The van der Waals surface area contributed by atoms with E-state index in [1.165, 1.54) is 0 Å². The Kier molecular flexibility index (Phi) is 5.49. The number of nitrogens with zero attached hydrogens (tertiary/aromatic N) is 2. The third kappa shape index (κ3) is 4.11. The number of fused-ring (bicyclic) bond motifs is 2. The van der Waals surface area contributed by atoms with Crippen molar-refractivity contribution in [2.75, 3.05) is 23.3 Å². The zero-order valence-electron chi connectivity index (χ0n) is 19.8. The molecule has 174 valence electrons. The lowest BCUT2D eigenvalue weighted by Gasteiger charge is -2.32. The molecule has 0 amide bonds. The van der Waals surface area contributed by atoms with E-state index >= 15 is 0 Å². The first-order chi connectivity index (χ1) is 17.7. The van der Waals surface area contributed by atoms with Crippen molar-refractivity contribution in [3.63, 3.8) is 0 Å². The van der Waals surface area contributed by atoms with Crippen LogP contribution in [-0.2, 0) is 13.1 Å². The highest BCUT2D eigenvalue weighted by Crippen LogP contribution is 2.36. The van der Waals surface area contributed by atoms with Crippen molar-refractivity contribution in [1.82, 2.24) is 0 Å². The van der Waals surface area contributed by atoms with E-state index < -0.39 is 0 Å². The summed E-state index contributed by atoms with van der Waals surface area (Å²) in [6.07, 6.45) is 11.2. The molecule has 0 saturated carbocycles.